The Balaban J connectivity index is 2.59. The molecule has 1 N–H and O–H groups in total. The van der Waals surface area contributed by atoms with E-state index in [0.29, 0.717) is 0 Å². The van der Waals surface area contributed by atoms with Gasteiger partial charge in [0, 0.05) is 4.90 Å². The second kappa shape index (κ2) is 5.58. The summed E-state index contributed by atoms with van der Waals surface area (Å²) < 4.78 is 0. The first kappa shape index (κ1) is 14.4. The van der Waals surface area contributed by atoms with Crippen molar-refractivity contribution in [1.82, 2.24) is 0 Å². The predicted octanol–water partition coefficient (Wildman–Crippen LogP) is 4.31. The molecule has 1 aliphatic rings. The van der Waals surface area contributed by atoms with Crippen molar-refractivity contribution in [3.8, 4) is 0 Å². The van der Waals surface area contributed by atoms with Gasteiger partial charge < -0.3 is 5.11 Å². The zero-order valence-electron chi connectivity index (χ0n) is 12.0. The number of hydrogen-bond donors (Lipinski definition) is 1. The van der Waals surface area contributed by atoms with E-state index in [1.165, 1.54) is 11.1 Å². The fraction of sp³-hybridized carbons (Fsp3) is 0.562. The summed E-state index contributed by atoms with van der Waals surface area (Å²) in [5.74, 6) is -0.647. The molecule has 1 fully saturated rings. The zero-order valence-corrected chi connectivity index (χ0v) is 12.8. The number of rotatable bonds is 3. The Morgan fingerprint density at radius 2 is 1.74 bits per heavy atom. The second-order valence-electron chi connectivity index (χ2n) is 5.58. The molecular formula is C16H22O2S. The highest BCUT2D eigenvalue weighted by Gasteiger charge is 2.42. The van der Waals surface area contributed by atoms with E-state index in [1.807, 2.05) is 6.26 Å². The molecule has 0 spiro atoms. The Bertz CT molecular complexity index is 488. The summed E-state index contributed by atoms with van der Waals surface area (Å²) in [7, 11) is 0. The van der Waals surface area contributed by atoms with Crippen molar-refractivity contribution in [2.75, 3.05) is 6.26 Å². The van der Waals surface area contributed by atoms with E-state index in [1.54, 1.807) is 11.8 Å². The molecule has 1 aromatic rings. The average molecular weight is 278 g/mol. The van der Waals surface area contributed by atoms with Crippen LogP contribution in [0.4, 0.5) is 0 Å². The van der Waals surface area contributed by atoms with Crippen LogP contribution in [0.25, 0.3) is 0 Å². The maximum absolute atomic E-state index is 11.9. The molecule has 1 aromatic carbocycles. The maximum Gasteiger partial charge on any atom is 0.314 e. The van der Waals surface area contributed by atoms with E-state index in [9.17, 15) is 9.90 Å². The number of carbonyl (C=O) groups is 1. The molecule has 0 unspecified atom stereocenters. The molecule has 0 atom stereocenters. The summed E-state index contributed by atoms with van der Waals surface area (Å²) >= 11 is 1.66. The normalized spacial score (nSPS) is 18.3. The van der Waals surface area contributed by atoms with Gasteiger partial charge in [0.25, 0.3) is 0 Å². The lowest BCUT2D eigenvalue weighted by molar-refractivity contribution is -0.145. The maximum atomic E-state index is 11.9. The molecule has 104 valence electrons. The molecule has 1 saturated carbocycles. The molecule has 0 amide bonds. The van der Waals surface area contributed by atoms with E-state index < -0.39 is 11.4 Å². The fourth-order valence-electron chi connectivity index (χ4n) is 3.09. The highest BCUT2D eigenvalue weighted by molar-refractivity contribution is 7.98. The van der Waals surface area contributed by atoms with Gasteiger partial charge in [0.15, 0.2) is 0 Å². The zero-order chi connectivity index (χ0) is 14.0. The van der Waals surface area contributed by atoms with Crippen molar-refractivity contribution in [2.45, 2.75) is 56.3 Å². The van der Waals surface area contributed by atoms with Crippen LogP contribution < -0.4 is 0 Å². The highest BCUT2D eigenvalue weighted by atomic mass is 32.2. The van der Waals surface area contributed by atoms with Crippen molar-refractivity contribution in [2.24, 2.45) is 0 Å². The molecule has 0 radical (unpaired) electrons. The minimum absolute atomic E-state index is 0.647. The molecule has 3 heteroatoms. The minimum Gasteiger partial charge on any atom is -0.481 e. The van der Waals surface area contributed by atoms with Crippen molar-refractivity contribution in [1.29, 1.82) is 0 Å². The fourth-order valence-corrected chi connectivity index (χ4v) is 3.86. The van der Waals surface area contributed by atoms with Gasteiger partial charge in [-0.15, -0.1) is 11.8 Å². The number of thioether (sulfide) groups is 1. The minimum atomic E-state index is -0.658. The Morgan fingerprint density at radius 3 is 2.26 bits per heavy atom. The first-order valence-electron chi connectivity index (χ1n) is 6.90. The monoisotopic (exact) mass is 278 g/mol. The number of carboxylic acids is 1. The Kier molecular flexibility index (Phi) is 4.24. The molecule has 19 heavy (non-hydrogen) atoms. The second-order valence-corrected chi connectivity index (χ2v) is 6.43. The van der Waals surface area contributed by atoms with Gasteiger partial charge in [-0.3, -0.25) is 4.79 Å². The van der Waals surface area contributed by atoms with Crippen molar-refractivity contribution in [3.05, 3.63) is 28.8 Å². The Morgan fingerprint density at radius 1 is 1.16 bits per heavy atom. The summed E-state index contributed by atoms with van der Waals surface area (Å²) in [5, 5.41) is 9.81. The van der Waals surface area contributed by atoms with Gasteiger partial charge in [0.2, 0.25) is 0 Å². The van der Waals surface area contributed by atoms with Crippen molar-refractivity contribution < 1.29 is 9.90 Å². The lowest BCUT2D eigenvalue weighted by Gasteiger charge is -2.35. The highest BCUT2D eigenvalue weighted by Crippen LogP contribution is 2.44. The first-order chi connectivity index (χ1) is 9.01. The molecule has 0 bridgehead atoms. The number of carboxylic acid groups (broad SMARTS) is 1. The molecule has 0 saturated heterocycles. The number of aliphatic carboxylic acids is 1. The van der Waals surface area contributed by atoms with Crippen LogP contribution in [0.15, 0.2) is 17.0 Å². The third kappa shape index (κ3) is 2.53. The van der Waals surface area contributed by atoms with Crippen LogP contribution in [0.2, 0.25) is 0 Å². The third-order valence-electron chi connectivity index (χ3n) is 4.45. The predicted molar refractivity (Wildman–Crippen MR) is 80.1 cm³/mol. The molecule has 1 aliphatic carbocycles. The van der Waals surface area contributed by atoms with Crippen LogP contribution in [-0.2, 0) is 10.2 Å². The topological polar surface area (TPSA) is 37.3 Å². The van der Waals surface area contributed by atoms with Crippen molar-refractivity contribution >= 4 is 17.7 Å². The van der Waals surface area contributed by atoms with Gasteiger partial charge >= 0.3 is 5.97 Å². The van der Waals surface area contributed by atoms with Crippen molar-refractivity contribution in [3.63, 3.8) is 0 Å². The van der Waals surface area contributed by atoms with E-state index in [-0.39, 0.29) is 0 Å². The van der Waals surface area contributed by atoms with Crippen LogP contribution in [-0.4, -0.2) is 17.3 Å². The van der Waals surface area contributed by atoms with Crippen LogP contribution in [0.1, 0.15) is 48.8 Å². The lowest BCUT2D eigenvalue weighted by Crippen LogP contribution is -2.38. The molecule has 0 aromatic heterocycles. The molecule has 2 nitrogen and oxygen atoms in total. The smallest absolute Gasteiger partial charge is 0.314 e. The van der Waals surface area contributed by atoms with Gasteiger partial charge in [0.1, 0.15) is 0 Å². The molecular weight excluding hydrogens is 256 g/mol. The molecule has 2 rings (SSSR count). The van der Waals surface area contributed by atoms with Crippen LogP contribution in [0.3, 0.4) is 0 Å². The standard InChI is InChI=1S/C16H22O2S/c1-11-9-13(14(19-3)10-12(11)2)16(15(17)18)7-5-4-6-8-16/h9-10H,4-8H2,1-3H3,(H,17,18). The van der Waals surface area contributed by atoms with E-state index in [2.05, 4.69) is 26.0 Å². The first-order valence-corrected chi connectivity index (χ1v) is 8.13. The summed E-state index contributed by atoms with van der Waals surface area (Å²) in [6.07, 6.45) is 6.79. The van der Waals surface area contributed by atoms with E-state index >= 15 is 0 Å². The van der Waals surface area contributed by atoms with Crippen LogP contribution in [0, 0.1) is 13.8 Å². The Labute approximate surface area is 119 Å². The average Bonchev–Trinajstić information content (AvgIpc) is 2.42. The SMILES string of the molecule is CSc1cc(C)c(C)cc1C1(C(=O)O)CCCCC1. The molecule has 0 aliphatic heterocycles. The summed E-state index contributed by atoms with van der Waals surface area (Å²) in [6.45, 7) is 4.16. The van der Waals surface area contributed by atoms with Gasteiger partial charge in [-0.05, 0) is 55.7 Å². The lowest BCUT2D eigenvalue weighted by atomic mass is 9.69. The number of hydrogen-bond acceptors (Lipinski definition) is 2. The van der Waals surface area contributed by atoms with Gasteiger partial charge in [0.05, 0.1) is 5.41 Å². The third-order valence-corrected chi connectivity index (χ3v) is 5.23. The van der Waals surface area contributed by atoms with E-state index in [4.69, 9.17) is 0 Å². The van der Waals surface area contributed by atoms with Gasteiger partial charge in [-0.25, -0.2) is 0 Å². The van der Waals surface area contributed by atoms with Gasteiger partial charge in [-0.2, -0.15) is 0 Å². The summed E-state index contributed by atoms with van der Waals surface area (Å²) in [4.78, 5) is 13.1. The molecule has 0 heterocycles. The van der Waals surface area contributed by atoms with Crippen LogP contribution >= 0.6 is 11.8 Å². The van der Waals surface area contributed by atoms with Gasteiger partial charge in [-0.1, -0.05) is 25.3 Å². The summed E-state index contributed by atoms with van der Waals surface area (Å²) in [6, 6.07) is 4.26. The Hall–Kier alpha value is -0.960. The summed E-state index contributed by atoms with van der Waals surface area (Å²) in [5.41, 5.74) is 2.81. The quantitative estimate of drug-likeness (QED) is 0.837. The van der Waals surface area contributed by atoms with E-state index in [0.717, 1.165) is 42.6 Å². The number of aryl methyl sites for hydroxylation is 2. The largest absolute Gasteiger partial charge is 0.481 e. The number of benzene rings is 1. The van der Waals surface area contributed by atoms with Crippen LogP contribution in [0.5, 0.6) is 0 Å².